The average Bonchev–Trinajstić information content (AvgIpc) is 3.07. The van der Waals surface area contributed by atoms with Crippen LogP contribution in [0.4, 0.5) is 0 Å². The minimum absolute atomic E-state index is 0.0370. The predicted molar refractivity (Wildman–Crippen MR) is 73.2 cm³/mol. The number of nitrogens with zero attached hydrogens (tertiary/aromatic N) is 1. The third kappa shape index (κ3) is 3.45. The molecule has 0 atom stereocenters. The van der Waals surface area contributed by atoms with E-state index in [2.05, 4.69) is 10.3 Å². The molecule has 2 heterocycles. The summed E-state index contributed by atoms with van der Waals surface area (Å²) in [5.74, 6) is -0.271. The summed E-state index contributed by atoms with van der Waals surface area (Å²) in [6.45, 7) is 2.33. The van der Waals surface area contributed by atoms with Crippen molar-refractivity contribution < 1.29 is 19.1 Å². The van der Waals surface area contributed by atoms with Gasteiger partial charge in [0.2, 0.25) is 0 Å². The van der Waals surface area contributed by atoms with E-state index in [0.717, 1.165) is 12.2 Å². The van der Waals surface area contributed by atoms with Gasteiger partial charge in [0.05, 0.1) is 5.01 Å². The molecular formula is C13H14N2O4S. The molecule has 0 aliphatic heterocycles. The number of carbonyl (C=O) groups is 2. The lowest BCUT2D eigenvalue weighted by Gasteiger charge is -2.01. The molecule has 2 aromatic heterocycles. The zero-order chi connectivity index (χ0) is 14.5. The fourth-order valence-electron chi connectivity index (χ4n) is 1.58. The van der Waals surface area contributed by atoms with Crippen LogP contribution in [0, 0.1) is 0 Å². The fraction of sp³-hybridized carbons (Fsp3) is 0.308. The molecule has 1 amide bonds. The van der Waals surface area contributed by atoms with Gasteiger partial charge >= 0.3 is 5.97 Å². The van der Waals surface area contributed by atoms with Crippen LogP contribution in [0.25, 0.3) is 0 Å². The first-order chi connectivity index (χ1) is 9.60. The number of amides is 1. The van der Waals surface area contributed by atoms with Gasteiger partial charge in [0.15, 0.2) is 11.5 Å². The number of nitrogens with one attached hydrogen (secondary N) is 1. The zero-order valence-corrected chi connectivity index (χ0v) is 11.7. The minimum atomic E-state index is -1.04. The Labute approximate surface area is 119 Å². The number of aromatic nitrogens is 1. The third-order valence-corrected chi connectivity index (χ3v) is 3.54. The van der Waals surface area contributed by atoms with Gasteiger partial charge in [-0.1, -0.05) is 6.92 Å². The van der Waals surface area contributed by atoms with E-state index in [-0.39, 0.29) is 17.4 Å². The van der Waals surface area contributed by atoms with E-state index in [0.29, 0.717) is 18.0 Å². The minimum Gasteiger partial charge on any atom is -0.476 e. The van der Waals surface area contributed by atoms with Crippen molar-refractivity contribution in [2.24, 2.45) is 0 Å². The zero-order valence-electron chi connectivity index (χ0n) is 10.9. The van der Waals surface area contributed by atoms with Gasteiger partial charge < -0.3 is 14.8 Å². The molecule has 7 heteroatoms. The summed E-state index contributed by atoms with van der Waals surface area (Å²) in [6.07, 6.45) is 1.23. The maximum absolute atomic E-state index is 11.8. The first kappa shape index (κ1) is 14.3. The van der Waals surface area contributed by atoms with E-state index in [1.165, 1.54) is 16.7 Å². The Balaban J connectivity index is 1.82. The molecule has 0 fully saturated rings. The number of aromatic carboxylic acids is 1. The topological polar surface area (TPSA) is 92.4 Å². The number of carboxylic acids is 1. The maximum atomic E-state index is 11.8. The first-order valence-corrected chi connectivity index (χ1v) is 7.02. The number of hydrogen-bond acceptors (Lipinski definition) is 5. The van der Waals surface area contributed by atoms with Gasteiger partial charge in [-0.05, 0) is 12.1 Å². The van der Waals surface area contributed by atoms with E-state index in [4.69, 9.17) is 9.52 Å². The van der Waals surface area contributed by atoms with Crippen LogP contribution in [-0.2, 0) is 12.8 Å². The fourth-order valence-corrected chi connectivity index (χ4v) is 2.36. The standard InChI is InChI=1S/C13H14N2O4S/c1-2-8-3-4-10(19-8)12(16)14-6-5-11-15-9(7-20-11)13(17)18/h3-4,7H,2,5-6H2,1H3,(H,14,16)(H,17,18). The Morgan fingerprint density at radius 3 is 2.85 bits per heavy atom. The van der Waals surface area contributed by atoms with E-state index in [1.807, 2.05) is 6.92 Å². The molecule has 0 aliphatic carbocycles. The summed E-state index contributed by atoms with van der Waals surface area (Å²) in [7, 11) is 0. The molecule has 0 saturated carbocycles. The average molecular weight is 294 g/mol. The summed E-state index contributed by atoms with van der Waals surface area (Å²) in [4.78, 5) is 26.4. The molecule has 2 N–H and O–H groups in total. The van der Waals surface area contributed by atoms with Crippen molar-refractivity contribution in [2.75, 3.05) is 6.54 Å². The number of carboxylic acid groups (broad SMARTS) is 1. The van der Waals surface area contributed by atoms with Crippen LogP contribution in [0.1, 0.15) is 38.7 Å². The smallest absolute Gasteiger partial charge is 0.355 e. The number of aryl methyl sites for hydroxylation is 1. The van der Waals surface area contributed by atoms with Crippen molar-refractivity contribution >= 4 is 23.2 Å². The number of thiazole rings is 1. The van der Waals surface area contributed by atoms with Crippen molar-refractivity contribution in [2.45, 2.75) is 19.8 Å². The first-order valence-electron chi connectivity index (χ1n) is 6.14. The second-order valence-electron chi connectivity index (χ2n) is 4.06. The molecule has 0 saturated heterocycles. The highest BCUT2D eigenvalue weighted by Gasteiger charge is 2.11. The molecule has 0 bridgehead atoms. The Kier molecular flexibility index (Phi) is 4.52. The van der Waals surface area contributed by atoms with E-state index >= 15 is 0 Å². The number of furan rings is 1. The normalized spacial score (nSPS) is 10.4. The molecule has 0 aromatic carbocycles. The van der Waals surface area contributed by atoms with E-state index < -0.39 is 5.97 Å². The monoisotopic (exact) mass is 294 g/mol. The Morgan fingerprint density at radius 1 is 1.45 bits per heavy atom. The molecule has 2 aromatic rings. The Bertz CT molecular complexity index is 617. The highest BCUT2D eigenvalue weighted by Crippen LogP contribution is 2.11. The molecule has 6 nitrogen and oxygen atoms in total. The summed E-state index contributed by atoms with van der Waals surface area (Å²) >= 11 is 1.27. The highest BCUT2D eigenvalue weighted by atomic mass is 32.1. The SMILES string of the molecule is CCc1ccc(C(=O)NCCc2nc(C(=O)O)cs2)o1. The molecule has 0 unspecified atom stereocenters. The van der Waals surface area contributed by atoms with Crippen molar-refractivity contribution in [1.29, 1.82) is 0 Å². The summed E-state index contributed by atoms with van der Waals surface area (Å²) in [6, 6.07) is 3.41. The van der Waals surface area contributed by atoms with Crippen molar-refractivity contribution in [1.82, 2.24) is 10.3 Å². The summed E-state index contributed by atoms with van der Waals surface area (Å²) in [5.41, 5.74) is 0.0370. The van der Waals surface area contributed by atoms with Crippen LogP contribution >= 0.6 is 11.3 Å². The van der Waals surface area contributed by atoms with Crippen molar-refractivity contribution in [3.8, 4) is 0 Å². The molecule has 0 spiro atoms. The van der Waals surface area contributed by atoms with Gasteiger partial charge in [-0.25, -0.2) is 9.78 Å². The van der Waals surface area contributed by atoms with Crippen LogP contribution in [0.3, 0.4) is 0 Å². The number of rotatable bonds is 6. The van der Waals surface area contributed by atoms with Crippen LogP contribution < -0.4 is 5.32 Å². The molecular weight excluding hydrogens is 280 g/mol. The molecule has 0 radical (unpaired) electrons. The highest BCUT2D eigenvalue weighted by molar-refractivity contribution is 7.09. The Hall–Kier alpha value is -2.15. The maximum Gasteiger partial charge on any atom is 0.355 e. The molecule has 2 rings (SSSR count). The lowest BCUT2D eigenvalue weighted by atomic mass is 10.3. The number of carbonyl (C=O) groups excluding carboxylic acids is 1. The Morgan fingerprint density at radius 2 is 2.25 bits per heavy atom. The summed E-state index contributed by atoms with van der Waals surface area (Å²) in [5, 5.41) is 13.6. The second-order valence-corrected chi connectivity index (χ2v) is 5.00. The van der Waals surface area contributed by atoms with Crippen LogP contribution in [0.5, 0.6) is 0 Å². The van der Waals surface area contributed by atoms with Gasteiger partial charge in [0, 0.05) is 24.8 Å². The molecule has 106 valence electrons. The lowest BCUT2D eigenvalue weighted by molar-refractivity contribution is 0.0690. The van der Waals surface area contributed by atoms with E-state index in [9.17, 15) is 9.59 Å². The van der Waals surface area contributed by atoms with Gasteiger partial charge in [-0.15, -0.1) is 11.3 Å². The molecule has 20 heavy (non-hydrogen) atoms. The van der Waals surface area contributed by atoms with Crippen LogP contribution in [-0.4, -0.2) is 28.5 Å². The largest absolute Gasteiger partial charge is 0.476 e. The van der Waals surface area contributed by atoms with Gasteiger partial charge in [0.1, 0.15) is 5.76 Å². The van der Waals surface area contributed by atoms with E-state index in [1.54, 1.807) is 12.1 Å². The predicted octanol–water partition coefficient (Wildman–Crippen LogP) is 1.97. The molecule has 0 aliphatic rings. The van der Waals surface area contributed by atoms with Crippen LogP contribution in [0.15, 0.2) is 21.9 Å². The van der Waals surface area contributed by atoms with Gasteiger partial charge in [-0.2, -0.15) is 0 Å². The summed E-state index contributed by atoms with van der Waals surface area (Å²) < 4.78 is 5.33. The number of hydrogen-bond donors (Lipinski definition) is 2. The van der Waals surface area contributed by atoms with Gasteiger partial charge in [0.25, 0.3) is 5.91 Å². The third-order valence-electron chi connectivity index (χ3n) is 2.63. The van der Waals surface area contributed by atoms with Crippen molar-refractivity contribution in [3.63, 3.8) is 0 Å². The van der Waals surface area contributed by atoms with Gasteiger partial charge in [-0.3, -0.25) is 4.79 Å². The van der Waals surface area contributed by atoms with Crippen LogP contribution in [0.2, 0.25) is 0 Å². The lowest BCUT2D eigenvalue weighted by Crippen LogP contribution is -2.25. The quantitative estimate of drug-likeness (QED) is 0.849. The van der Waals surface area contributed by atoms with Crippen molar-refractivity contribution in [3.05, 3.63) is 39.7 Å². The second kappa shape index (κ2) is 6.33.